The highest BCUT2D eigenvalue weighted by Crippen LogP contribution is 2.27. The Bertz CT molecular complexity index is 264. The Balaban J connectivity index is 1.72. The Morgan fingerprint density at radius 2 is 2.38 bits per heavy atom. The number of H-pyrrole nitrogens is 1. The van der Waals surface area contributed by atoms with Gasteiger partial charge in [-0.05, 0) is 25.3 Å². The van der Waals surface area contributed by atoms with Crippen LogP contribution in [-0.2, 0) is 13.0 Å². The van der Waals surface area contributed by atoms with E-state index in [4.69, 9.17) is 0 Å². The van der Waals surface area contributed by atoms with Gasteiger partial charge in [-0.15, -0.1) is 0 Å². The van der Waals surface area contributed by atoms with Gasteiger partial charge < -0.3 is 5.32 Å². The number of nitrogens with one attached hydrogen (secondary N) is 2. The molecular weight excluding hydrogens is 164 g/mol. The fourth-order valence-electron chi connectivity index (χ4n) is 1.29. The summed E-state index contributed by atoms with van der Waals surface area (Å²) in [4.78, 5) is 4.32. The first-order chi connectivity index (χ1) is 6.38. The lowest BCUT2D eigenvalue weighted by molar-refractivity contribution is 0.620. The first-order valence-corrected chi connectivity index (χ1v) is 4.99. The average molecular weight is 180 g/mol. The summed E-state index contributed by atoms with van der Waals surface area (Å²) in [5, 5.41) is 10.4. The van der Waals surface area contributed by atoms with Gasteiger partial charge in [0.1, 0.15) is 11.6 Å². The van der Waals surface area contributed by atoms with Crippen LogP contribution >= 0.6 is 0 Å². The molecule has 0 aliphatic heterocycles. The normalized spacial score (nSPS) is 16.4. The number of aryl methyl sites for hydroxylation is 1. The van der Waals surface area contributed by atoms with E-state index in [1.807, 2.05) is 0 Å². The lowest BCUT2D eigenvalue weighted by Crippen LogP contribution is -2.16. The molecule has 0 bridgehead atoms. The molecule has 1 aliphatic rings. The highest BCUT2D eigenvalue weighted by molar-refractivity contribution is 4.89. The van der Waals surface area contributed by atoms with Crippen LogP contribution in [0.15, 0.2) is 0 Å². The minimum atomic E-state index is 0.823. The molecule has 0 unspecified atom stereocenters. The predicted octanol–water partition coefficient (Wildman–Crippen LogP) is 0.867. The topological polar surface area (TPSA) is 53.6 Å². The van der Waals surface area contributed by atoms with E-state index in [0.29, 0.717) is 0 Å². The van der Waals surface area contributed by atoms with Gasteiger partial charge in [0.2, 0.25) is 0 Å². The zero-order valence-electron chi connectivity index (χ0n) is 8.01. The van der Waals surface area contributed by atoms with Gasteiger partial charge in [-0.1, -0.05) is 6.92 Å². The minimum Gasteiger partial charge on any atom is -0.310 e. The lowest BCUT2D eigenvalue weighted by atomic mass is 10.4. The van der Waals surface area contributed by atoms with Crippen LogP contribution in [0.2, 0.25) is 0 Å². The molecule has 4 heteroatoms. The SMILES string of the molecule is CCc1n[nH]c(CNCC2CC2)n1. The zero-order chi connectivity index (χ0) is 9.10. The number of hydrogen-bond donors (Lipinski definition) is 2. The fourth-order valence-corrected chi connectivity index (χ4v) is 1.29. The van der Waals surface area contributed by atoms with Crippen LogP contribution < -0.4 is 5.32 Å². The van der Waals surface area contributed by atoms with E-state index in [9.17, 15) is 0 Å². The molecule has 0 spiro atoms. The van der Waals surface area contributed by atoms with Crippen LogP contribution in [0.5, 0.6) is 0 Å². The van der Waals surface area contributed by atoms with E-state index in [0.717, 1.165) is 37.1 Å². The number of hydrogen-bond acceptors (Lipinski definition) is 3. The summed E-state index contributed by atoms with van der Waals surface area (Å²) in [6.07, 6.45) is 3.69. The van der Waals surface area contributed by atoms with Crippen molar-refractivity contribution in [3.05, 3.63) is 11.6 Å². The third kappa shape index (κ3) is 2.52. The summed E-state index contributed by atoms with van der Waals surface area (Å²) < 4.78 is 0. The molecule has 1 saturated carbocycles. The molecule has 2 N–H and O–H groups in total. The molecule has 0 amide bonds. The number of aromatic nitrogens is 3. The molecule has 0 radical (unpaired) electrons. The van der Waals surface area contributed by atoms with Gasteiger partial charge >= 0.3 is 0 Å². The molecule has 4 nitrogen and oxygen atoms in total. The van der Waals surface area contributed by atoms with E-state index in [2.05, 4.69) is 27.4 Å². The van der Waals surface area contributed by atoms with Gasteiger partial charge in [0.15, 0.2) is 0 Å². The minimum absolute atomic E-state index is 0.823. The third-order valence-corrected chi connectivity index (χ3v) is 2.32. The second-order valence-corrected chi connectivity index (χ2v) is 3.63. The maximum absolute atomic E-state index is 4.32. The average Bonchev–Trinajstić information content (AvgIpc) is 2.84. The van der Waals surface area contributed by atoms with E-state index >= 15 is 0 Å². The van der Waals surface area contributed by atoms with Gasteiger partial charge in [-0.2, -0.15) is 5.10 Å². The van der Waals surface area contributed by atoms with Crippen molar-refractivity contribution in [2.45, 2.75) is 32.7 Å². The third-order valence-electron chi connectivity index (χ3n) is 2.32. The first kappa shape index (κ1) is 8.69. The highest BCUT2D eigenvalue weighted by atomic mass is 15.2. The second-order valence-electron chi connectivity index (χ2n) is 3.63. The van der Waals surface area contributed by atoms with Crippen molar-refractivity contribution in [3.63, 3.8) is 0 Å². The van der Waals surface area contributed by atoms with Gasteiger partial charge in [0.05, 0.1) is 6.54 Å². The molecular formula is C9H16N4. The van der Waals surface area contributed by atoms with E-state index < -0.39 is 0 Å². The molecule has 1 aromatic heterocycles. The highest BCUT2D eigenvalue weighted by Gasteiger charge is 2.20. The number of aromatic amines is 1. The summed E-state index contributed by atoms with van der Waals surface area (Å²) in [6, 6.07) is 0. The van der Waals surface area contributed by atoms with Crippen molar-refractivity contribution < 1.29 is 0 Å². The van der Waals surface area contributed by atoms with Crippen LogP contribution in [-0.4, -0.2) is 21.7 Å². The second kappa shape index (κ2) is 3.87. The summed E-state index contributed by atoms with van der Waals surface area (Å²) in [6.45, 7) is 4.01. The Hall–Kier alpha value is -0.900. The van der Waals surface area contributed by atoms with Crippen molar-refractivity contribution in [2.24, 2.45) is 5.92 Å². The van der Waals surface area contributed by atoms with Crippen LogP contribution in [0.1, 0.15) is 31.4 Å². The quantitative estimate of drug-likeness (QED) is 0.707. The monoisotopic (exact) mass is 180 g/mol. The molecule has 1 fully saturated rings. The Labute approximate surface area is 78.1 Å². The molecule has 13 heavy (non-hydrogen) atoms. The molecule has 72 valence electrons. The largest absolute Gasteiger partial charge is 0.310 e. The van der Waals surface area contributed by atoms with Crippen LogP contribution in [0.3, 0.4) is 0 Å². The molecule has 1 aromatic rings. The summed E-state index contributed by atoms with van der Waals surface area (Å²) in [5.41, 5.74) is 0. The molecule has 1 aliphatic carbocycles. The Kier molecular flexibility index (Phi) is 2.59. The smallest absolute Gasteiger partial charge is 0.150 e. The Morgan fingerprint density at radius 1 is 1.54 bits per heavy atom. The van der Waals surface area contributed by atoms with Crippen molar-refractivity contribution in [1.82, 2.24) is 20.5 Å². The fraction of sp³-hybridized carbons (Fsp3) is 0.778. The van der Waals surface area contributed by atoms with Gasteiger partial charge in [0, 0.05) is 6.42 Å². The summed E-state index contributed by atoms with van der Waals surface area (Å²) >= 11 is 0. The van der Waals surface area contributed by atoms with Crippen LogP contribution in [0, 0.1) is 5.92 Å². The molecule has 1 heterocycles. The first-order valence-electron chi connectivity index (χ1n) is 4.99. The van der Waals surface area contributed by atoms with Crippen LogP contribution in [0.4, 0.5) is 0 Å². The molecule has 2 rings (SSSR count). The summed E-state index contributed by atoms with van der Waals surface area (Å²) in [7, 11) is 0. The van der Waals surface area contributed by atoms with E-state index in [-0.39, 0.29) is 0 Å². The zero-order valence-corrected chi connectivity index (χ0v) is 8.01. The van der Waals surface area contributed by atoms with Crippen molar-refractivity contribution >= 4 is 0 Å². The Morgan fingerprint density at radius 3 is 3.00 bits per heavy atom. The molecule has 0 atom stereocenters. The molecule has 0 saturated heterocycles. The van der Waals surface area contributed by atoms with Crippen molar-refractivity contribution in [3.8, 4) is 0 Å². The summed E-state index contributed by atoms with van der Waals surface area (Å²) in [5.74, 6) is 2.79. The van der Waals surface area contributed by atoms with E-state index in [1.165, 1.54) is 12.8 Å². The maximum Gasteiger partial charge on any atom is 0.150 e. The molecule has 0 aromatic carbocycles. The van der Waals surface area contributed by atoms with Crippen LogP contribution in [0.25, 0.3) is 0 Å². The maximum atomic E-state index is 4.32. The lowest BCUT2D eigenvalue weighted by Gasteiger charge is -1.98. The number of nitrogens with zero attached hydrogens (tertiary/aromatic N) is 2. The van der Waals surface area contributed by atoms with Crippen molar-refractivity contribution in [2.75, 3.05) is 6.54 Å². The number of rotatable bonds is 5. The van der Waals surface area contributed by atoms with Gasteiger partial charge in [-0.25, -0.2) is 4.98 Å². The standard InChI is InChI=1S/C9H16N4/c1-2-8-11-9(13-12-8)6-10-5-7-3-4-7/h7,10H,2-6H2,1H3,(H,11,12,13). The predicted molar refractivity (Wildman–Crippen MR) is 50.2 cm³/mol. The van der Waals surface area contributed by atoms with E-state index in [1.54, 1.807) is 0 Å². The van der Waals surface area contributed by atoms with Gasteiger partial charge in [0.25, 0.3) is 0 Å². The van der Waals surface area contributed by atoms with Gasteiger partial charge in [-0.3, -0.25) is 5.10 Å². The van der Waals surface area contributed by atoms with Crippen molar-refractivity contribution in [1.29, 1.82) is 0 Å².